The number of carbonyl (C=O) groups excluding carboxylic acids is 1. The van der Waals surface area contributed by atoms with Crippen molar-refractivity contribution in [3.8, 4) is 17.1 Å². The third-order valence-corrected chi connectivity index (χ3v) is 6.28. The van der Waals surface area contributed by atoms with Gasteiger partial charge in [-0.05, 0) is 36.2 Å². The molecule has 0 bridgehead atoms. The minimum Gasteiger partial charge on any atom is -0.496 e. The first-order valence-corrected chi connectivity index (χ1v) is 11.2. The van der Waals surface area contributed by atoms with Gasteiger partial charge in [-0.15, -0.1) is 0 Å². The lowest BCUT2D eigenvalue weighted by Crippen LogP contribution is -2.27. The fourth-order valence-electron chi connectivity index (χ4n) is 4.64. The van der Waals surface area contributed by atoms with Crippen molar-refractivity contribution < 1.29 is 18.3 Å². The van der Waals surface area contributed by atoms with Crippen LogP contribution in [0.15, 0.2) is 42.7 Å². The van der Waals surface area contributed by atoms with Crippen molar-refractivity contribution in [1.29, 1.82) is 0 Å². The molecule has 35 heavy (non-hydrogen) atoms. The molecular weight excluding hydrogens is 454 g/mol. The predicted molar refractivity (Wildman–Crippen MR) is 127 cm³/mol. The Labute approximate surface area is 200 Å². The van der Waals surface area contributed by atoms with Gasteiger partial charge in [0, 0.05) is 44.2 Å². The van der Waals surface area contributed by atoms with Crippen molar-refractivity contribution in [3.63, 3.8) is 0 Å². The number of ketones is 1. The Morgan fingerprint density at radius 1 is 1.26 bits per heavy atom. The minimum atomic E-state index is -0.564. The van der Waals surface area contributed by atoms with Crippen molar-refractivity contribution in [2.24, 2.45) is 12.8 Å². The molecule has 10 heteroatoms. The van der Waals surface area contributed by atoms with Crippen LogP contribution in [0, 0.1) is 11.6 Å². The fraction of sp³-hybridized carbons (Fsp3) is 0.280. The number of Topliss-reactive ketones (excluding diaryl/α,β-unsaturated/α-hetero) is 1. The van der Waals surface area contributed by atoms with Gasteiger partial charge in [0.2, 0.25) is 0 Å². The van der Waals surface area contributed by atoms with E-state index in [0.29, 0.717) is 29.6 Å². The molecule has 1 aliphatic heterocycles. The summed E-state index contributed by atoms with van der Waals surface area (Å²) < 4.78 is 36.3. The molecule has 0 aliphatic carbocycles. The highest BCUT2D eigenvalue weighted by atomic mass is 19.1. The maximum absolute atomic E-state index is 15.1. The van der Waals surface area contributed by atoms with Crippen LogP contribution < -0.4 is 15.4 Å². The van der Waals surface area contributed by atoms with Crippen LogP contribution in [0.25, 0.3) is 22.3 Å². The lowest BCUT2D eigenvalue weighted by atomic mass is 10.0. The van der Waals surface area contributed by atoms with Gasteiger partial charge in [0.05, 0.1) is 24.6 Å². The first-order valence-electron chi connectivity index (χ1n) is 11.2. The molecular formula is C25H24F2N6O2. The summed E-state index contributed by atoms with van der Waals surface area (Å²) in [4.78, 5) is 23.8. The average molecular weight is 479 g/mol. The monoisotopic (exact) mass is 478 g/mol. The molecule has 0 unspecified atom stereocenters. The van der Waals surface area contributed by atoms with Crippen LogP contribution in [0.1, 0.15) is 22.5 Å². The Morgan fingerprint density at radius 3 is 2.83 bits per heavy atom. The van der Waals surface area contributed by atoms with Gasteiger partial charge >= 0.3 is 0 Å². The number of anilines is 1. The first-order chi connectivity index (χ1) is 16.9. The SMILES string of the molecule is COc1cccc(F)c1-c1nccc(C(=O)Cc2cc(F)c3c(cnn3C)c2N2CC[C@@H](N)C2)n1. The fourth-order valence-corrected chi connectivity index (χ4v) is 4.64. The zero-order valence-corrected chi connectivity index (χ0v) is 19.3. The number of hydrogen-bond acceptors (Lipinski definition) is 7. The van der Waals surface area contributed by atoms with Gasteiger partial charge < -0.3 is 15.4 Å². The molecule has 8 nitrogen and oxygen atoms in total. The lowest BCUT2D eigenvalue weighted by molar-refractivity contribution is 0.0988. The lowest BCUT2D eigenvalue weighted by Gasteiger charge is -2.23. The highest BCUT2D eigenvalue weighted by molar-refractivity contribution is 6.00. The van der Waals surface area contributed by atoms with Crippen molar-refractivity contribution >= 4 is 22.4 Å². The van der Waals surface area contributed by atoms with Crippen LogP contribution in [0.3, 0.4) is 0 Å². The van der Waals surface area contributed by atoms with E-state index in [1.807, 2.05) is 0 Å². The topological polar surface area (TPSA) is 99.2 Å². The van der Waals surface area contributed by atoms with Gasteiger partial charge in [-0.1, -0.05) is 6.07 Å². The minimum absolute atomic E-state index is 0.00417. The number of benzene rings is 2. The Morgan fingerprint density at radius 2 is 2.09 bits per heavy atom. The number of aryl methyl sites for hydroxylation is 1. The molecule has 0 spiro atoms. The number of hydrogen-bond donors (Lipinski definition) is 1. The summed E-state index contributed by atoms with van der Waals surface area (Å²) in [5.41, 5.74) is 7.93. The van der Waals surface area contributed by atoms with E-state index in [1.54, 1.807) is 19.3 Å². The van der Waals surface area contributed by atoms with Crippen LogP contribution in [0.2, 0.25) is 0 Å². The van der Waals surface area contributed by atoms with Crippen LogP contribution in [-0.2, 0) is 13.5 Å². The zero-order valence-electron chi connectivity index (χ0n) is 19.3. The number of aromatic nitrogens is 4. The molecule has 0 radical (unpaired) electrons. The molecule has 1 aliphatic rings. The van der Waals surface area contributed by atoms with Crippen molar-refractivity contribution in [2.45, 2.75) is 18.9 Å². The highest BCUT2D eigenvalue weighted by Gasteiger charge is 2.27. The molecule has 1 fully saturated rings. The van der Waals surface area contributed by atoms with E-state index >= 15 is 4.39 Å². The second-order valence-corrected chi connectivity index (χ2v) is 8.57. The molecule has 1 atom stereocenters. The molecule has 2 N–H and O–H groups in total. The number of carbonyl (C=O) groups is 1. The molecule has 2 aromatic heterocycles. The zero-order chi connectivity index (χ0) is 24.7. The van der Waals surface area contributed by atoms with Gasteiger partial charge in [0.25, 0.3) is 0 Å². The first kappa shape index (κ1) is 22.9. The third-order valence-electron chi connectivity index (χ3n) is 6.28. The number of fused-ring (bicyclic) bond motifs is 1. The van der Waals surface area contributed by atoms with E-state index in [2.05, 4.69) is 20.0 Å². The summed E-state index contributed by atoms with van der Waals surface area (Å²) in [6.07, 6.45) is 3.70. The maximum atomic E-state index is 15.1. The van der Waals surface area contributed by atoms with Crippen molar-refractivity contribution in [1.82, 2.24) is 19.7 Å². The Kier molecular flexibility index (Phi) is 5.89. The van der Waals surface area contributed by atoms with E-state index in [9.17, 15) is 9.18 Å². The van der Waals surface area contributed by atoms with Crippen LogP contribution in [0.5, 0.6) is 5.75 Å². The standard InChI is InChI=1S/C25H24F2N6O2/c1-32-24-16(12-30-32)23(33-9-7-15(28)13-33)14(10-18(24)27)11-20(34)19-6-8-29-25(31-19)22-17(26)4-3-5-21(22)35-2/h3-6,8,10,12,15H,7,9,11,13,28H2,1-2H3/t15-/m1/s1. The molecule has 4 aromatic rings. The van der Waals surface area contributed by atoms with E-state index in [0.717, 1.165) is 12.1 Å². The summed E-state index contributed by atoms with van der Waals surface area (Å²) >= 11 is 0. The molecule has 180 valence electrons. The van der Waals surface area contributed by atoms with E-state index in [1.165, 1.54) is 42.3 Å². The second-order valence-electron chi connectivity index (χ2n) is 8.57. The Bertz CT molecular complexity index is 1440. The number of nitrogens with two attached hydrogens (primary N) is 1. The van der Waals surface area contributed by atoms with Gasteiger partial charge in [-0.2, -0.15) is 5.10 Å². The third kappa shape index (κ3) is 4.10. The van der Waals surface area contributed by atoms with Crippen LogP contribution in [0.4, 0.5) is 14.5 Å². The second kappa shape index (κ2) is 9.03. The smallest absolute Gasteiger partial charge is 0.185 e. The maximum Gasteiger partial charge on any atom is 0.185 e. The number of rotatable bonds is 6. The Hall–Kier alpha value is -3.92. The van der Waals surface area contributed by atoms with Gasteiger partial charge in [-0.25, -0.2) is 18.7 Å². The average Bonchev–Trinajstić information content (AvgIpc) is 3.45. The summed E-state index contributed by atoms with van der Waals surface area (Å²) in [5, 5.41) is 4.85. The normalized spacial score (nSPS) is 15.7. The predicted octanol–water partition coefficient (Wildman–Crippen LogP) is 3.28. The van der Waals surface area contributed by atoms with Gasteiger partial charge in [0.1, 0.15) is 28.6 Å². The summed E-state index contributed by atoms with van der Waals surface area (Å²) in [5.74, 6) is -1.09. The van der Waals surface area contributed by atoms with Crippen molar-refractivity contribution in [2.75, 3.05) is 25.1 Å². The molecule has 0 amide bonds. The largest absolute Gasteiger partial charge is 0.496 e. The van der Waals surface area contributed by atoms with Crippen LogP contribution >= 0.6 is 0 Å². The van der Waals surface area contributed by atoms with Crippen molar-refractivity contribution in [3.05, 3.63) is 65.6 Å². The summed E-state index contributed by atoms with van der Waals surface area (Å²) in [7, 11) is 3.09. The van der Waals surface area contributed by atoms with Gasteiger partial charge in [-0.3, -0.25) is 9.48 Å². The molecule has 2 aromatic carbocycles. The van der Waals surface area contributed by atoms with Crippen LogP contribution in [-0.4, -0.2) is 51.8 Å². The summed E-state index contributed by atoms with van der Waals surface area (Å²) in [6, 6.07) is 7.22. The Balaban J connectivity index is 1.54. The quantitative estimate of drug-likeness (QED) is 0.425. The van der Waals surface area contributed by atoms with E-state index in [-0.39, 0.29) is 41.1 Å². The summed E-state index contributed by atoms with van der Waals surface area (Å²) in [6.45, 7) is 1.30. The molecule has 3 heterocycles. The van der Waals surface area contributed by atoms with Gasteiger partial charge in [0.15, 0.2) is 11.6 Å². The van der Waals surface area contributed by atoms with E-state index < -0.39 is 11.6 Å². The number of methoxy groups -OCH3 is 1. The number of ether oxygens (including phenoxy) is 1. The number of halogens is 2. The molecule has 5 rings (SSSR count). The molecule has 0 saturated carbocycles. The molecule has 1 saturated heterocycles. The highest BCUT2D eigenvalue weighted by Crippen LogP contribution is 2.36. The number of nitrogens with zero attached hydrogens (tertiary/aromatic N) is 5. The van der Waals surface area contributed by atoms with E-state index in [4.69, 9.17) is 10.5 Å².